The number of nitrogens with zero attached hydrogens (tertiary/aromatic N) is 5. The van der Waals surface area contributed by atoms with E-state index in [0.29, 0.717) is 17.5 Å². The molecule has 2 heterocycles. The normalized spacial score (nSPS) is 11.1. The first-order chi connectivity index (χ1) is 8.66. The molecule has 0 amide bonds. The van der Waals surface area contributed by atoms with Crippen molar-refractivity contribution in [2.24, 2.45) is 5.92 Å². The van der Waals surface area contributed by atoms with Crippen molar-refractivity contribution in [2.45, 2.75) is 31.2 Å². The first-order valence-corrected chi connectivity index (χ1v) is 6.71. The van der Waals surface area contributed by atoms with E-state index < -0.39 is 0 Å². The Kier molecular flexibility index (Phi) is 4.14. The van der Waals surface area contributed by atoms with Crippen molar-refractivity contribution in [2.75, 3.05) is 5.73 Å². The van der Waals surface area contributed by atoms with Gasteiger partial charge in [-0.1, -0.05) is 25.6 Å². The number of anilines is 1. The predicted molar refractivity (Wildman–Crippen MR) is 70.9 cm³/mol. The van der Waals surface area contributed by atoms with E-state index in [4.69, 9.17) is 5.73 Å². The summed E-state index contributed by atoms with van der Waals surface area (Å²) in [5.41, 5.74) is 5.74. The van der Waals surface area contributed by atoms with Crippen molar-refractivity contribution in [3.63, 3.8) is 0 Å². The lowest BCUT2D eigenvalue weighted by atomic mass is 10.2. The van der Waals surface area contributed by atoms with Gasteiger partial charge < -0.3 is 5.73 Å². The van der Waals surface area contributed by atoms with Gasteiger partial charge in [-0.15, -0.1) is 0 Å². The molecule has 96 valence electrons. The van der Waals surface area contributed by atoms with Crippen LogP contribution in [0.1, 0.15) is 19.7 Å². The Morgan fingerprint density at radius 3 is 2.78 bits per heavy atom. The molecule has 0 aliphatic carbocycles. The van der Waals surface area contributed by atoms with Crippen LogP contribution >= 0.6 is 11.8 Å². The van der Waals surface area contributed by atoms with Crippen LogP contribution in [0.25, 0.3) is 0 Å². The molecule has 0 atom stereocenters. The summed E-state index contributed by atoms with van der Waals surface area (Å²) in [5, 5.41) is 4.95. The Morgan fingerprint density at radius 2 is 2.06 bits per heavy atom. The SMILES string of the molecule is CC(C)Cn1ncnc1CSc1nccnc1N. The van der Waals surface area contributed by atoms with Crippen LogP contribution in [0, 0.1) is 5.92 Å². The lowest BCUT2D eigenvalue weighted by Gasteiger charge is -2.08. The van der Waals surface area contributed by atoms with Crippen LogP contribution in [0.4, 0.5) is 5.82 Å². The molecule has 0 aliphatic rings. The molecule has 0 unspecified atom stereocenters. The number of nitrogens with two attached hydrogens (primary N) is 1. The zero-order valence-electron chi connectivity index (χ0n) is 10.4. The minimum atomic E-state index is 0.456. The molecule has 2 aromatic rings. The van der Waals surface area contributed by atoms with Gasteiger partial charge in [0.25, 0.3) is 0 Å². The van der Waals surface area contributed by atoms with Crippen molar-refractivity contribution < 1.29 is 0 Å². The maximum absolute atomic E-state index is 5.74. The lowest BCUT2D eigenvalue weighted by molar-refractivity contribution is 0.471. The number of hydrogen-bond donors (Lipinski definition) is 1. The Bertz CT molecular complexity index is 510. The fourth-order valence-corrected chi connectivity index (χ4v) is 2.30. The van der Waals surface area contributed by atoms with Crippen molar-refractivity contribution in [3.8, 4) is 0 Å². The number of hydrogen-bond acceptors (Lipinski definition) is 6. The van der Waals surface area contributed by atoms with E-state index in [9.17, 15) is 0 Å². The van der Waals surface area contributed by atoms with Gasteiger partial charge in [0.15, 0.2) is 5.82 Å². The maximum atomic E-state index is 5.74. The second-order valence-electron chi connectivity index (χ2n) is 4.29. The molecule has 0 spiro atoms. The van der Waals surface area contributed by atoms with Gasteiger partial charge in [0.2, 0.25) is 0 Å². The first-order valence-electron chi connectivity index (χ1n) is 5.72. The summed E-state index contributed by atoms with van der Waals surface area (Å²) < 4.78 is 1.92. The largest absolute Gasteiger partial charge is 0.381 e. The molecule has 7 heteroatoms. The smallest absolute Gasteiger partial charge is 0.156 e. The standard InChI is InChI=1S/C11H16N6S/c1-8(2)5-17-9(15-7-16-17)6-18-11-10(12)13-3-4-14-11/h3-4,7-8H,5-6H2,1-2H3,(H2,12,13). The van der Waals surface area contributed by atoms with E-state index >= 15 is 0 Å². The average molecular weight is 264 g/mol. The van der Waals surface area contributed by atoms with Gasteiger partial charge in [0.05, 0.1) is 5.75 Å². The van der Waals surface area contributed by atoms with Gasteiger partial charge in [0.1, 0.15) is 17.2 Å². The highest BCUT2D eigenvalue weighted by Gasteiger charge is 2.09. The average Bonchev–Trinajstić information content (AvgIpc) is 2.75. The molecule has 18 heavy (non-hydrogen) atoms. The fraction of sp³-hybridized carbons (Fsp3) is 0.455. The summed E-state index contributed by atoms with van der Waals surface area (Å²) in [7, 11) is 0. The zero-order chi connectivity index (χ0) is 13.0. The summed E-state index contributed by atoms with van der Waals surface area (Å²) in [6, 6.07) is 0. The Labute approximate surface area is 110 Å². The highest BCUT2D eigenvalue weighted by atomic mass is 32.2. The summed E-state index contributed by atoms with van der Waals surface area (Å²) in [6.07, 6.45) is 4.80. The molecule has 2 N–H and O–H groups in total. The molecule has 0 aromatic carbocycles. The molecular weight excluding hydrogens is 248 g/mol. The van der Waals surface area contributed by atoms with Crippen LogP contribution < -0.4 is 5.73 Å². The third-order valence-electron chi connectivity index (χ3n) is 2.26. The zero-order valence-corrected chi connectivity index (χ0v) is 11.3. The van der Waals surface area contributed by atoms with E-state index in [2.05, 4.69) is 33.9 Å². The van der Waals surface area contributed by atoms with Crippen molar-refractivity contribution in [3.05, 3.63) is 24.5 Å². The van der Waals surface area contributed by atoms with Gasteiger partial charge in [-0.05, 0) is 5.92 Å². The maximum Gasteiger partial charge on any atom is 0.156 e. The Hall–Kier alpha value is -1.63. The van der Waals surface area contributed by atoms with Gasteiger partial charge in [-0.3, -0.25) is 0 Å². The summed E-state index contributed by atoms with van der Waals surface area (Å²) in [4.78, 5) is 12.4. The van der Waals surface area contributed by atoms with Crippen molar-refractivity contribution in [1.29, 1.82) is 0 Å². The monoisotopic (exact) mass is 264 g/mol. The van der Waals surface area contributed by atoms with Crippen molar-refractivity contribution in [1.82, 2.24) is 24.7 Å². The highest BCUT2D eigenvalue weighted by molar-refractivity contribution is 7.98. The number of rotatable bonds is 5. The van der Waals surface area contributed by atoms with Crippen LogP contribution in [0.5, 0.6) is 0 Å². The van der Waals surface area contributed by atoms with Crippen LogP contribution in [-0.4, -0.2) is 24.7 Å². The lowest BCUT2D eigenvalue weighted by Crippen LogP contribution is -2.09. The first kappa shape index (κ1) is 12.8. The Morgan fingerprint density at radius 1 is 1.28 bits per heavy atom. The van der Waals surface area contributed by atoms with Crippen LogP contribution in [0.3, 0.4) is 0 Å². The molecule has 0 saturated carbocycles. The van der Waals surface area contributed by atoms with E-state index in [1.165, 1.54) is 11.8 Å². The second-order valence-corrected chi connectivity index (χ2v) is 5.25. The molecule has 0 saturated heterocycles. The van der Waals surface area contributed by atoms with Crippen LogP contribution in [-0.2, 0) is 12.3 Å². The molecule has 6 nitrogen and oxygen atoms in total. The molecule has 0 fully saturated rings. The number of nitrogen functional groups attached to an aromatic ring is 1. The third-order valence-corrected chi connectivity index (χ3v) is 3.25. The van der Waals surface area contributed by atoms with Crippen LogP contribution in [0.15, 0.2) is 23.7 Å². The molecule has 0 radical (unpaired) electrons. The molecule has 2 rings (SSSR count). The van der Waals surface area contributed by atoms with E-state index in [-0.39, 0.29) is 0 Å². The fourth-order valence-electron chi connectivity index (χ4n) is 1.48. The minimum Gasteiger partial charge on any atom is -0.381 e. The Balaban J connectivity index is 2.02. The minimum absolute atomic E-state index is 0.456. The highest BCUT2D eigenvalue weighted by Crippen LogP contribution is 2.23. The summed E-state index contributed by atoms with van der Waals surface area (Å²) >= 11 is 1.52. The number of aromatic nitrogens is 5. The second kappa shape index (κ2) is 5.81. The van der Waals surface area contributed by atoms with Crippen molar-refractivity contribution >= 4 is 17.6 Å². The third kappa shape index (κ3) is 3.19. The quantitative estimate of drug-likeness (QED) is 0.826. The van der Waals surface area contributed by atoms with E-state index in [1.807, 2.05) is 4.68 Å². The summed E-state index contributed by atoms with van der Waals surface area (Å²) in [5.74, 6) is 2.61. The van der Waals surface area contributed by atoms with Crippen LogP contribution in [0.2, 0.25) is 0 Å². The van der Waals surface area contributed by atoms with Gasteiger partial charge in [-0.2, -0.15) is 5.10 Å². The molecule has 0 bridgehead atoms. The topological polar surface area (TPSA) is 82.5 Å². The van der Waals surface area contributed by atoms with E-state index in [1.54, 1.807) is 18.7 Å². The molecule has 0 aliphatic heterocycles. The van der Waals surface area contributed by atoms with E-state index in [0.717, 1.165) is 17.4 Å². The van der Waals surface area contributed by atoms with Gasteiger partial charge in [0, 0.05) is 18.9 Å². The predicted octanol–water partition coefficient (Wildman–Crippen LogP) is 1.60. The number of thioether (sulfide) groups is 1. The molecule has 2 aromatic heterocycles. The van der Waals surface area contributed by atoms with Gasteiger partial charge in [-0.25, -0.2) is 19.6 Å². The summed E-state index contributed by atoms with van der Waals surface area (Å²) in [6.45, 7) is 5.17. The van der Waals surface area contributed by atoms with Gasteiger partial charge >= 0.3 is 0 Å². The molecular formula is C11H16N6S.